The molecule has 1 N–H and O–H groups in total. The molecular weight excluding hydrogens is 240 g/mol. The van der Waals surface area contributed by atoms with E-state index in [-0.39, 0.29) is 0 Å². The molecule has 1 aromatic heterocycles. The maximum atomic E-state index is 5.38. The molecule has 1 heterocycles. The number of nitrogens with one attached hydrogen (secondary N) is 1. The summed E-state index contributed by atoms with van der Waals surface area (Å²) < 4.78 is 0.678. The molecular formula is C15H12N2S. The summed E-state index contributed by atoms with van der Waals surface area (Å²) in [5.74, 6) is 0. The summed E-state index contributed by atoms with van der Waals surface area (Å²) in [6, 6.07) is 16.2. The Balaban J connectivity index is 2.26. The topological polar surface area (TPSA) is 28.7 Å². The minimum absolute atomic E-state index is 0.678. The van der Waals surface area contributed by atoms with E-state index in [9.17, 15) is 0 Å². The Labute approximate surface area is 110 Å². The van der Waals surface area contributed by atoms with Gasteiger partial charge in [0.2, 0.25) is 0 Å². The number of rotatable bonds is 1. The number of nitrogens with zero attached hydrogens (tertiary/aromatic N) is 1. The maximum Gasteiger partial charge on any atom is 0.130 e. The molecule has 3 aromatic rings. The third kappa shape index (κ3) is 1.93. The van der Waals surface area contributed by atoms with Crippen LogP contribution >= 0.6 is 12.2 Å². The number of aromatic amines is 1. The highest BCUT2D eigenvalue weighted by molar-refractivity contribution is 7.71. The van der Waals surface area contributed by atoms with Gasteiger partial charge in [0.05, 0.1) is 11.0 Å². The van der Waals surface area contributed by atoms with E-state index in [4.69, 9.17) is 12.2 Å². The van der Waals surface area contributed by atoms with E-state index >= 15 is 0 Å². The van der Waals surface area contributed by atoms with Crippen molar-refractivity contribution in [2.24, 2.45) is 0 Å². The molecule has 0 atom stereocenters. The zero-order valence-corrected chi connectivity index (χ0v) is 10.8. The summed E-state index contributed by atoms with van der Waals surface area (Å²) in [6.07, 6.45) is 0. The van der Waals surface area contributed by atoms with E-state index in [0.717, 1.165) is 22.3 Å². The number of aryl methyl sites for hydroxylation is 1. The second-order valence-electron chi connectivity index (χ2n) is 4.30. The summed E-state index contributed by atoms with van der Waals surface area (Å²) >= 11 is 5.38. The molecule has 0 saturated carbocycles. The molecule has 3 heteroatoms. The number of aromatic nitrogens is 2. The largest absolute Gasteiger partial charge is 0.343 e. The van der Waals surface area contributed by atoms with Crippen LogP contribution in [0, 0.1) is 11.6 Å². The van der Waals surface area contributed by atoms with Gasteiger partial charge in [0, 0.05) is 5.56 Å². The van der Waals surface area contributed by atoms with Crippen LogP contribution in [0.1, 0.15) is 5.56 Å². The fourth-order valence-corrected chi connectivity index (χ4v) is 2.21. The average molecular weight is 252 g/mol. The van der Waals surface area contributed by atoms with Gasteiger partial charge < -0.3 is 4.98 Å². The Morgan fingerprint density at radius 2 is 1.72 bits per heavy atom. The second-order valence-corrected chi connectivity index (χ2v) is 4.71. The van der Waals surface area contributed by atoms with Gasteiger partial charge in [0.15, 0.2) is 0 Å². The molecule has 0 unspecified atom stereocenters. The Hall–Kier alpha value is -2.00. The minimum atomic E-state index is 0.678. The molecule has 0 bridgehead atoms. The zero-order valence-electron chi connectivity index (χ0n) is 9.97. The molecule has 0 aliphatic rings. The number of hydrogen-bond acceptors (Lipinski definition) is 2. The normalized spacial score (nSPS) is 10.7. The first-order valence-corrected chi connectivity index (χ1v) is 6.21. The predicted octanol–water partition coefficient (Wildman–Crippen LogP) is 4.27. The van der Waals surface area contributed by atoms with Crippen LogP contribution in [-0.4, -0.2) is 9.97 Å². The van der Waals surface area contributed by atoms with Crippen LogP contribution in [0.5, 0.6) is 0 Å². The van der Waals surface area contributed by atoms with Crippen molar-refractivity contribution in [3.63, 3.8) is 0 Å². The molecule has 2 nitrogen and oxygen atoms in total. The van der Waals surface area contributed by atoms with Gasteiger partial charge in [0.25, 0.3) is 0 Å². The Morgan fingerprint density at radius 3 is 2.50 bits per heavy atom. The second kappa shape index (κ2) is 4.35. The molecule has 88 valence electrons. The molecule has 0 saturated heterocycles. The van der Waals surface area contributed by atoms with Crippen molar-refractivity contribution in [2.45, 2.75) is 6.92 Å². The first kappa shape index (κ1) is 11.1. The smallest absolute Gasteiger partial charge is 0.130 e. The lowest BCUT2D eigenvalue weighted by molar-refractivity contribution is 1.27. The van der Waals surface area contributed by atoms with Crippen LogP contribution in [0.15, 0.2) is 48.5 Å². The molecule has 3 rings (SSSR count). The number of para-hydroxylation sites is 2. The summed E-state index contributed by atoms with van der Waals surface area (Å²) in [6.45, 7) is 2.07. The van der Waals surface area contributed by atoms with Crippen molar-refractivity contribution in [2.75, 3.05) is 0 Å². The van der Waals surface area contributed by atoms with Crippen molar-refractivity contribution in [3.05, 3.63) is 58.7 Å². The Kier molecular flexibility index (Phi) is 2.68. The SMILES string of the molecule is Cc1ccc(-c2nc3ccccc3[nH]c2=S)cc1. The fraction of sp³-hybridized carbons (Fsp3) is 0.0667. The predicted molar refractivity (Wildman–Crippen MR) is 77.1 cm³/mol. The Bertz CT molecular complexity index is 757. The Morgan fingerprint density at radius 1 is 1.00 bits per heavy atom. The monoisotopic (exact) mass is 252 g/mol. The van der Waals surface area contributed by atoms with Gasteiger partial charge in [-0.1, -0.05) is 54.2 Å². The van der Waals surface area contributed by atoms with Crippen molar-refractivity contribution < 1.29 is 0 Å². The van der Waals surface area contributed by atoms with E-state index in [0.29, 0.717) is 4.64 Å². The van der Waals surface area contributed by atoms with Crippen LogP contribution in [0.25, 0.3) is 22.3 Å². The molecule has 0 aliphatic heterocycles. The van der Waals surface area contributed by atoms with E-state index < -0.39 is 0 Å². The number of benzene rings is 2. The summed E-state index contributed by atoms with van der Waals surface area (Å²) in [5, 5.41) is 0. The summed E-state index contributed by atoms with van der Waals surface area (Å²) in [7, 11) is 0. The highest BCUT2D eigenvalue weighted by Gasteiger charge is 2.04. The van der Waals surface area contributed by atoms with Gasteiger partial charge in [-0.15, -0.1) is 0 Å². The molecule has 0 amide bonds. The number of fused-ring (bicyclic) bond motifs is 1. The van der Waals surface area contributed by atoms with Gasteiger partial charge in [-0.2, -0.15) is 0 Å². The van der Waals surface area contributed by atoms with E-state index in [1.54, 1.807) is 0 Å². The van der Waals surface area contributed by atoms with Crippen LogP contribution in [0.3, 0.4) is 0 Å². The quantitative estimate of drug-likeness (QED) is 0.655. The van der Waals surface area contributed by atoms with Crippen molar-refractivity contribution in [1.82, 2.24) is 9.97 Å². The maximum absolute atomic E-state index is 5.38. The standard InChI is InChI=1S/C15H12N2S/c1-10-6-8-11(9-7-10)14-15(18)17-13-5-3-2-4-12(13)16-14/h2-9H,1H3,(H,17,18). The summed E-state index contributed by atoms with van der Waals surface area (Å²) in [4.78, 5) is 7.86. The fourth-order valence-electron chi connectivity index (χ4n) is 1.94. The summed E-state index contributed by atoms with van der Waals surface area (Å²) in [5.41, 5.74) is 5.02. The lowest BCUT2D eigenvalue weighted by atomic mass is 10.1. The van der Waals surface area contributed by atoms with Crippen LogP contribution in [0.4, 0.5) is 0 Å². The first-order valence-electron chi connectivity index (χ1n) is 5.80. The third-order valence-corrected chi connectivity index (χ3v) is 3.22. The molecule has 0 aliphatic carbocycles. The van der Waals surface area contributed by atoms with Crippen LogP contribution in [0.2, 0.25) is 0 Å². The molecule has 2 aromatic carbocycles. The zero-order chi connectivity index (χ0) is 12.5. The van der Waals surface area contributed by atoms with Crippen molar-refractivity contribution in [3.8, 4) is 11.3 Å². The van der Waals surface area contributed by atoms with Gasteiger partial charge in [-0.25, -0.2) is 4.98 Å². The lowest BCUT2D eigenvalue weighted by Gasteiger charge is -2.04. The van der Waals surface area contributed by atoms with Crippen LogP contribution in [-0.2, 0) is 0 Å². The number of H-pyrrole nitrogens is 1. The highest BCUT2D eigenvalue weighted by atomic mass is 32.1. The van der Waals surface area contributed by atoms with Crippen molar-refractivity contribution >= 4 is 23.3 Å². The number of hydrogen-bond donors (Lipinski definition) is 1. The van der Waals surface area contributed by atoms with E-state index in [1.807, 2.05) is 24.3 Å². The van der Waals surface area contributed by atoms with Gasteiger partial charge in [-0.3, -0.25) is 0 Å². The average Bonchev–Trinajstić information content (AvgIpc) is 2.39. The molecule has 18 heavy (non-hydrogen) atoms. The lowest BCUT2D eigenvalue weighted by Crippen LogP contribution is -1.90. The van der Waals surface area contributed by atoms with Gasteiger partial charge in [0.1, 0.15) is 10.3 Å². The molecule has 0 fully saturated rings. The van der Waals surface area contributed by atoms with Gasteiger partial charge in [-0.05, 0) is 19.1 Å². The van der Waals surface area contributed by atoms with E-state index in [2.05, 4.69) is 41.2 Å². The first-order chi connectivity index (χ1) is 8.74. The minimum Gasteiger partial charge on any atom is -0.343 e. The van der Waals surface area contributed by atoms with Crippen LogP contribution < -0.4 is 0 Å². The molecule has 0 radical (unpaired) electrons. The van der Waals surface area contributed by atoms with Crippen molar-refractivity contribution in [1.29, 1.82) is 0 Å². The van der Waals surface area contributed by atoms with E-state index in [1.165, 1.54) is 5.56 Å². The van der Waals surface area contributed by atoms with Gasteiger partial charge >= 0.3 is 0 Å². The molecule has 0 spiro atoms. The third-order valence-electron chi connectivity index (χ3n) is 2.92. The highest BCUT2D eigenvalue weighted by Crippen LogP contribution is 2.21.